The van der Waals surface area contributed by atoms with Crippen LogP contribution in [0.1, 0.15) is 38.2 Å². The molecule has 0 saturated heterocycles. The van der Waals surface area contributed by atoms with Gasteiger partial charge in [0.05, 0.1) is 4.47 Å². The lowest BCUT2D eigenvalue weighted by Gasteiger charge is -2.34. The smallest absolute Gasteiger partial charge is 0.137 e. The molecule has 2 rings (SSSR count). The van der Waals surface area contributed by atoms with Crippen molar-refractivity contribution in [2.45, 2.75) is 45.1 Å². The monoisotopic (exact) mass is 313 g/mol. The van der Waals surface area contributed by atoms with Gasteiger partial charge in [-0.15, -0.1) is 0 Å². The van der Waals surface area contributed by atoms with Gasteiger partial charge in [0, 0.05) is 6.04 Å². The highest BCUT2D eigenvalue weighted by molar-refractivity contribution is 9.10. The molecule has 1 saturated carbocycles. The summed E-state index contributed by atoms with van der Waals surface area (Å²) in [4.78, 5) is 0. The van der Waals surface area contributed by atoms with Crippen LogP contribution in [-0.4, -0.2) is 6.04 Å². The van der Waals surface area contributed by atoms with Gasteiger partial charge in [0.2, 0.25) is 0 Å². The molecule has 18 heavy (non-hydrogen) atoms. The largest absolute Gasteiger partial charge is 0.327 e. The van der Waals surface area contributed by atoms with Crippen LogP contribution >= 0.6 is 15.9 Å². The minimum atomic E-state index is -0.177. The quantitative estimate of drug-likeness (QED) is 0.885. The molecular weight excluding hydrogens is 293 g/mol. The van der Waals surface area contributed by atoms with Gasteiger partial charge in [-0.05, 0) is 65.1 Å². The van der Waals surface area contributed by atoms with Crippen molar-refractivity contribution in [1.29, 1.82) is 0 Å². The van der Waals surface area contributed by atoms with E-state index in [0.29, 0.717) is 10.4 Å². The van der Waals surface area contributed by atoms with Crippen molar-refractivity contribution in [1.82, 2.24) is 0 Å². The lowest BCUT2D eigenvalue weighted by Crippen LogP contribution is -2.37. The minimum absolute atomic E-state index is 0.177. The van der Waals surface area contributed by atoms with Gasteiger partial charge in [-0.1, -0.05) is 25.5 Å². The standard InChI is InChI=1S/C15H21BrFN/c1-2-10-6-7-14(18)12(8-10)9-11-4-3-5-13(17)15(11)16/h3-5,10,12,14H,2,6-9,18H2,1H3. The third-order valence-electron chi connectivity index (χ3n) is 4.24. The van der Waals surface area contributed by atoms with Crippen LogP contribution in [-0.2, 0) is 6.42 Å². The summed E-state index contributed by atoms with van der Waals surface area (Å²) in [6.45, 7) is 2.25. The van der Waals surface area contributed by atoms with E-state index in [4.69, 9.17) is 5.73 Å². The third-order valence-corrected chi connectivity index (χ3v) is 5.13. The summed E-state index contributed by atoms with van der Waals surface area (Å²) in [5, 5.41) is 0. The number of hydrogen-bond acceptors (Lipinski definition) is 1. The molecule has 1 nitrogen and oxygen atoms in total. The molecule has 1 fully saturated rings. The van der Waals surface area contributed by atoms with Crippen molar-refractivity contribution in [3.05, 3.63) is 34.1 Å². The number of halogens is 2. The van der Waals surface area contributed by atoms with Gasteiger partial charge in [-0.2, -0.15) is 0 Å². The first-order chi connectivity index (χ1) is 8.61. The Bertz CT molecular complexity index is 407. The van der Waals surface area contributed by atoms with Crippen LogP contribution in [0, 0.1) is 17.7 Å². The third kappa shape index (κ3) is 3.12. The van der Waals surface area contributed by atoms with Crippen LogP contribution < -0.4 is 5.73 Å². The zero-order valence-corrected chi connectivity index (χ0v) is 12.4. The Labute approximate surface area is 117 Å². The van der Waals surface area contributed by atoms with Gasteiger partial charge in [0.1, 0.15) is 5.82 Å². The lowest BCUT2D eigenvalue weighted by atomic mass is 9.75. The Morgan fingerprint density at radius 1 is 1.39 bits per heavy atom. The summed E-state index contributed by atoms with van der Waals surface area (Å²) in [6.07, 6.45) is 5.65. The Kier molecular flexibility index (Phi) is 4.79. The summed E-state index contributed by atoms with van der Waals surface area (Å²) in [7, 11) is 0. The van der Waals surface area contributed by atoms with Crippen LogP contribution in [0.4, 0.5) is 4.39 Å². The lowest BCUT2D eigenvalue weighted by molar-refractivity contribution is 0.227. The summed E-state index contributed by atoms with van der Waals surface area (Å²) in [5.74, 6) is 1.10. The van der Waals surface area contributed by atoms with Gasteiger partial charge in [-0.3, -0.25) is 0 Å². The topological polar surface area (TPSA) is 26.0 Å². The summed E-state index contributed by atoms with van der Waals surface area (Å²) >= 11 is 3.34. The van der Waals surface area contributed by atoms with E-state index in [0.717, 1.165) is 24.3 Å². The summed E-state index contributed by atoms with van der Waals surface area (Å²) < 4.78 is 14.1. The van der Waals surface area contributed by atoms with Gasteiger partial charge in [-0.25, -0.2) is 4.39 Å². The molecule has 0 amide bonds. The molecule has 0 aliphatic heterocycles. The molecule has 0 bridgehead atoms. The predicted octanol–water partition coefficient (Wildman–Crippen LogP) is 4.28. The molecule has 1 aliphatic rings. The summed E-state index contributed by atoms with van der Waals surface area (Å²) in [5.41, 5.74) is 7.27. The molecule has 100 valence electrons. The number of benzene rings is 1. The Morgan fingerprint density at radius 3 is 2.89 bits per heavy atom. The molecule has 0 spiro atoms. The van der Waals surface area contributed by atoms with Crippen LogP contribution in [0.25, 0.3) is 0 Å². The van der Waals surface area contributed by atoms with E-state index in [1.807, 2.05) is 6.07 Å². The molecule has 3 atom stereocenters. The number of nitrogens with two attached hydrogens (primary N) is 1. The van der Waals surface area contributed by atoms with E-state index in [2.05, 4.69) is 22.9 Å². The fraction of sp³-hybridized carbons (Fsp3) is 0.600. The van der Waals surface area contributed by atoms with E-state index in [9.17, 15) is 4.39 Å². The van der Waals surface area contributed by atoms with Crippen LogP contribution in [0.2, 0.25) is 0 Å². The number of rotatable bonds is 3. The van der Waals surface area contributed by atoms with Gasteiger partial charge in [0.25, 0.3) is 0 Å². The van der Waals surface area contributed by atoms with Crippen LogP contribution in [0.5, 0.6) is 0 Å². The first-order valence-electron chi connectivity index (χ1n) is 6.80. The second-order valence-corrected chi connectivity index (χ2v) is 6.22. The SMILES string of the molecule is CCC1CCC(N)C(Cc2cccc(F)c2Br)C1. The second-order valence-electron chi connectivity index (χ2n) is 5.43. The van der Waals surface area contributed by atoms with E-state index in [-0.39, 0.29) is 11.9 Å². The molecule has 0 heterocycles. The van der Waals surface area contributed by atoms with Crippen molar-refractivity contribution in [2.24, 2.45) is 17.6 Å². The molecule has 3 heteroatoms. The van der Waals surface area contributed by atoms with Crippen LogP contribution in [0.3, 0.4) is 0 Å². The molecule has 1 aliphatic carbocycles. The van der Waals surface area contributed by atoms with E-state index in [1.165, 1.54) is 25.3 Å². The van der Waals surface area contributed by atoms with E-state index in [1.54, 1.807) is 6.07 Å². The molecular formula is C15H21BrFN. The average Bonchev–Trinajstić information content (AvgIpc) is 2.37. The summed E-state index contributed by atoms with van der Waals surface area (Å²) in [6, 6.07) is 5.53. The van der Waals surface area contributed by atoms with E-state index < -0.39 is 0 Å². The predicted molar refractivity (Wildman–Crippen MR) is 76.9 cm³/mol. The van der Waals surface area contributed by atoms with Crippen molar-refractivity contribution in [3.63, 3.8) is 0 Å². The highest BCUT2D eigenvalue weighted by Gasteiger charge is 2.27. The molecule has 1 aromatic rings. The fourth-order valence-electron chi connectivity index (χ4n) is 2.98. The maximum absolute atomic E-state index is 13.5. The zero-order chi connectivity index (χ0) is 13.1. The highest BCUT2D eigenvalue weighted by atomic mass is 79.9. The molecule has 1 aromatic carbocycles. The maximum Gasteiger partial charge on any atom is 0.137 e. The van der Waals surface area contributed by atoms with Gasteiger partial charge in [0.15, 0.2) is 0 Å². The highest BCUT2D eigenvalue weighted by Crippen LogP contribution is 2.34. The maximum atomic E-state index is 13.5. The second kappa shape index (κ2) is 6.16. The first-order valence-corrected chi connectivity index (χ1v) is 7.59. The fourth-order valence-corrected chi connectivity index (χ4v) is 3.40. The molecule has 3 unspecified atom stereocenters. The zero-order valence-electron chi connectivity index (χ0n) is 10.8. The molecule has 0 radical (unpaired) electrons. The van der Waals surface area contributed by atoms with Crippen molar-refractivity contribution in [3.8, 4) is 0 Å². The van der Waals surface area contributed by atoms with Crippen molar-refractivity contribution in [2.75, 3.05) is 0 Å². The minimum Gasteiger partial charge on any atom is -0.327 e. The van der Waals surface area contributed by atoms with Gasteiger partial charge >= 0.3 is 0 Å². The van der Waals surface area contributed by atoms with Crippen molar-refractivity contribution < 1.29 is 4.39 Å². The first kappa shape index (κ1) is 14.0. The Hall–Kier alpha value is -0.410. The Balaban J connectivity index is 2.09. The average molecular weight is 314 g/mol. The molecule has 2 N–H and O–H groups in total. The van der Waals surface area contributed by atoms with Crippen molar-refractivity contribution >= 4 is 15.9 Å². The van der Waals surface area contributed by atoms with Crippen LogP contribution in [0.15, 0.2) is 22.7 Å². The normalized spacial score (nSPS) is 28.3. The Morgan fingerprint density at radius 2 is 2.17 bits per heavy atom. The number of hydrogen-bond donors (Lipinski definition) is 1. The van der Waals surface area contributed by atoms with E-state index >= 15 is 0 Å². The molecule has 0 aromatic heterocycles. The van der Waals surface area contributed by atoms with Gasteiger partial charge < -0.3 is 5.73 Å².